The summed E-state index contributed by atoms with van der Waals surface area (Å²) >= 11 is 0. The Balaban J connectivity index is 1.57. The van der Waals surface area contributed by atoms with Gasteiger partial charge in [-0.3, -0.25) is 9.69 Å². The number of hydrogen-bond acceptors (Lipinski definition) is 5. The molecule has 0 saturated heterocycles. The largest absolute Gasteiger partial charge is 0.584 e. The van der Waals surface area contributed by atoms with E-state index in [1.807, 2.05) is 18.2 Å². The van der Waals surface area contributed by atoms with Crippen LogP contribution in [0.5, 0.6) is 11.5 Å². The lowest BCUT2D eigenvalue weighted by molar-refractivity contribution is 0.0983. The fraction of sp³-hybridized carbons (Fsp3) is 0.0952. The third-order valence-electron chi connectivity index (χ3n) is 4.01. The zero-order valence-electron chi connectivity index (χ0n) is 15.0. The molecule has 3 N–H and O–H groups in total. The van der Waals surface area contributed by atoms with Gasteiger partial charge in [-0.15, -0.1) is 0 Å². The number of phosphoric ester groups is 1. The van der Waals surface area contributed by atoms with E-state index in [9.17, 15) is 14.3 Å². The minimum absolute atomic E-state index is 0.0645. The maximum atomic E-state index is 12.2. The van der Waals surface area contributed by atoms with E-state index in [0.29, 0.717) is 18.4 Å². The van der Waals surface area contributed by atoms with Gasteiger partial charge in [0.05, 0.1) is 5.69 Å². The SMILES string of the molecule is Nc1ccccc1OP(=O)(O)Oc1ccc(CCC(=O)c2ccccc2)cc1. The lowest BCUT2D eigenvalue weighted by Gasteiger charge is -2.15. The number of aryl methyl sites for hydroxylation is 1. The number of anilines is 1. The summed E-state index contributed by atoms with van der Waals surface area (Å²) in [6, 6.07) is 22.1. The van der Waals surface area contributed by atoms with E-state index in [-0.39, 0.29) is 23.0 Å². The van der Waals surface area contributed by atoms with Crippen molar-refractivity contribution < 1.29 is 23.3 Å². The Labute approximate surface area is 163 Å². The lowest BCUT2D eigenvalue weighted by Crippen LogP contribution is -2.02. The molecule has 3 aromatic rings. The molecule has 0 bridgehead atoms. The molecule has 3 aromatic carbocycles. The quantitative estimate of drug-likeness (QED) is 0.326. The first-order valence-corrected chi connectivity index (χ1v) is 10.2. The molecule has 0 aliphatic heterocycles. The molecule has 0 saturated carbocycles. The Morgan fingerprint density at radius 2 is 1.54 bits per heavy atom. The van der Waals surface area contributed by atoms with Crippen molar-refractivity contribution in [1.29, 1.82) is 0 Å². The Morgan fingerprint density at radius 3 is 2.21 bits per heavy atom. The fourth-order valence-corrected chi connectivity index (χ4v) is 3.42. The van der Waals surface area contributed by atoms with Crippen molar-refractivity contribution in [3.8, 4) is 11.5 Å². The first kappa shape index (κ1) is 19.7. The van der Waals surface area contributed by atoms with E-state index in [0.717, 1.165) is 5.56 Å². The summed E-state index contributed by atoms with van der Waals surface area (Å²) in [5, 5.41) is 0. The number of rotatable bonds is 8. The Morgan fingerprint density at radius 1 is 0.893 bits per heavy atom. The lowest BCUT2D eigenvalue weighted by atomic mass is 10.0. The van der Waals surface area contributed by atoms with Crippen LogP contribution < -0.4 is 14.8 Å². The van der Waals surface area contributed by atoms with Crippen LogP contribution in [0, 0.1) is 0 Å². The van der Waals surface area contributed by atoms with Crippen molar-refractivity contribution in [2.75, 3.05) is 5.73 Å². The van der Waals surface area contributed by atoms with Gasteiger partial charge in [0.2, 0.25) is 0 Å². The predicted octanol–water partition coefficient (Wildman–Crippen LogP) is 4.64. The van der Waals surface area contributed by atoms with Crippen LogP contribution in [0.4, 0.5) is 5.69 Å². The number of carbonyl (C=O) groups excluding carboxylic acids is 1. The number of phosphoric acid groups is 1. The zero-order chi connectivity index (χ0) is 20.0. The molecule has 28 heavy (non-hydrogen) atoms. The van der Waals surface area contributed by atoms with Crippen LogP contribution in [0.25, 0.3) is 0 Å². The number of nitrogens with two attached hydrogens (primary N) is 1. The summed E-state index contributed by atoms with van der Waals surface area (Å²) in [5.41, 5.74) is 7.53. The Kier molecular flexibility index (Phi) is 6.14. The highest BCUT2D eigenvalue weighted by Crippen LogP contribution is 2.45. The molecule has 0 aromatic heterocycles. The smallest absolute Gasteiger partial charge is 0.396 e. The van der Waals surface area contributed by atoms with Crippen molar-refractivity contribution in [1.82, 2.24) is 0 Å². The van der Waals surface area contributed by atoms with Gasteiger partial charge < -0.3 is 14.8 Å². The minimum atomic E-state index is -4.38. The van der Waals surface area contributed by atoms with E-state index in [1.54, 1.807) is 54.6 Å². The molecule has 0 heterocycles. The summed E-state index contributed by atoms with van der Waals surface area (Å²) in [4.78, 5) is 22.1. The third kappa shape index (κ3) is 5.46. The predicted molar refractivity (Wildman–Crippen MR) is 107 cm³/mol. The van der Waals surface area contributed by atoms with E-state index in [2.05, 4.69) is 0 Å². The standard InChI is InChI=1S/C21H20NO5P/c22-19-8-4-5-9-21(19)27-28(24,25)26-18-13-10-16(11-14-18)12-15-20(23)17-6-2-1-3-7-17/h1-11,13-14H,12,15,22H2,(H,24,25). The fourth-order valence-electron chi connectivity index (χ4n) is 2.58. The average molecular weight is 397 g/mol. The molecule has 1 atom stereocenters. The van der Waals surface area contributed by atoms with Crippen molar-refractivity contribution >= 4 is 19.3 Å². The monoisotopic (exact) mass is 397 g/mol. The third-order valence-corrected chi connectivity index (χ3v) is 4.88. The number of nitrogen functional groups attached to an aromatic ring is 1. The van der Waals surface area contributed by atoms with Crippen molar-refractivity contribution in [3.63, 3.8) is 0 Å². The molecular formula is C21H20NO5P. The molecule has 7 heteroatoms. The van der Waals surface area contributed by atoms with Crippen LogP contribution in [-0.4, -0.2) is 10.7 Å². The van der Waals surface area contributed by atoms with E-state index in [1.165, 1.54) is 6.07 Å². The second-order valence-corrected chi connectivity index (χ2v) is 7.42. The van der Waals surface area contributed by atoms with Crippen LogP contribution in [0.3, 0.4) is 0 Å². The van der Waals surface area contributed by atoms with Crippen LogP contribution in [0.2, 0.25) is 0 Å². The van der Waals surface area contributed by atoms with Crippen LogP contribution in [-0.2, 0) is 11.0 Å². The second kappa shape index (κ2) is 8.74. The van der Waals surface area contributed by atoms with E-state index >= 15 is 0 Å². The molecule has 0 aliphatic rings. The summed E-state index contributed by atoms with van der Waals surface area (Å²) in [6.45, 7) is 0. The van der Waals surface area contributed by atoms with Gasteiger partial charge >= 0.3 is 7.82 Å². The molecule has 0 amide bonds. The first-order valence-electron chi connectivity index (χ1n) is 8.67. The van der Waals surface area contributed by atoms with Gasteiger partial charge in [0.25, 0.3) is 0 Å². The second-order valence-electron chi connectivity index (χ2n) is 6.12. The van der Waals surface area contributed by atoms with Crippen LogP contribution >= 0.6 is 7.82 Å². The number of hydrogen-bond donors (Lipinski definition) is 2. The summed E-state index contributed by atoms with van der Waals surface area (Å²) in [6.07, 6.45) is 0.931. The molecule has 0 spiro atoms. The highest BCUT2D eigenvalue weighted by atomic mass is 31.2. The molecule has 0 radical (unpaired) electrons. The average Bonchev–Trinajstić information content (AvgIpc) is 2.69. The van der Waals surface area contributed by atoms with E-state index in [4.69, 9.17) is 14.8 Å². The van der Waals surface area contributed by atoms with Crippen molar-refractivity contribution in [2.24, 2.45) is 0 Å². The molecule has 6 nitrogen and oxygen atoms in total. The van der Waals surface area contributed by atoms with E-state index < -0.39 is 7.82 Å². The topological polar surface area (TPSA) is 98.8 Å². The van der Waals surface area contributed by atoms with Crippen LogP contribution in [0.1, 0.15) is 22.3 Å². The maximum Gasteiger partial charge on any atom is 0.584 e. The van der Waals surface area contributed by atoms with Gasteiger partial charge in [-0.05, 0) is 36.2 Å². The number of para-hydroxylation sites is 2. The van der Waals surface area contributed by atoms with Gasteiger partial charge in [-0.25, -0.2) is 4.57 Å². The number of ketones is 1. The van der Waals surface area contributed by atoms with Gasteiger partial charge in [0.15, 0.2) is 11.5 Å². The summed E-state index contributed by atoms with van der Waals surface area (Å²) in [7, 11) is -4.38. The van der Waals surface area contributed by atoms with Crippen LogP contribution in [0.15, 0.2) is 78.9 Å². The molecule has 3 rings (SSSR count). The van der Waals surface area contributed by atoms with Crippen molar-refractivity contribution in [2.45, 2.75) is 12.8 Å². The number of carbonyl (C=O) groups is 1. The normalized spacial score (nSPS) is 12.8. The van der Waals surface area contributed by atoms with Gasteiger partial charge in [-0.2, -0.15) is 0 Å². The maximum absolute atomic E-state index is 12.2. The first-order chi connectivity index (χ1) is 13.4. The Hall–Kier alpha value is -3.08. The molecular weight excluding hydrogens is 377 g/mol. The minimum Gasteiger partial charge on any atom is -0.396 e. The number of Topliss-reactive ketones (excluding diaryl/α,β-unsaturated/α-hetero) is 1. The van der Waals surface area contributed by atoms with Gasteiger partial charge in [0.1, 0.15) is 5.75 Å². The molecule has 0 aliphatic carbocycles. The summed E-state index contributed by atoms with van der Waals surface area (Å²) in [5.74, 6) is 0.317. The Bertz CT molecular complexity index is 989. The molecule has 1 unspecified atom stereocenters. The van der Waals surface area contributed by atoms with Crippen molar-refractivity contribution in [3.05, 3.63) is 90.0 Å². The number of benzene rings is 3. The molecule has 144 valence electrons. The van der Waals surface area contributed by atoms with Gasteiger partial charge in [0, 0.05) is 12.0 Å². The molecule has 0 fully saturated rings. The highest BCUT2D eigenvalue weighted by molar-refractivity contribution is 7.48. The highest BCUT2D eigenvalue weighted by Gasteiger charge is 2.26. The summed E-state index contributed by atoms with van der Waals surface area (Å²) < 4.78 is 22.3. The zero-order valence-corrected chi connectivity index (χ0v) is 15.9. The van der Waals surface area contributed by atoms with Gasteiger partial charge in [-0.1, -0.05) is 54.6 Å².